The van der Waals surface area contributed by atoms with Crippen molar-refractivity contribution in [3.8, 4) is 5.00 Å². The first-order chi connectivity index (χ1) is 11.7. The lowest BCUT2D eigenvalue weighted by atomic mass is 10.2. The average Bonchev–Trinajstić information content (AvgIpc) is 3.37. The zero-order chi connectivity index (χ0) is 16.5. The molecule has 1 atom stereocenters. The van der Waals surface area contributed by atoms with E-state index in [1.54, 1.807) is 17.0 Å². The number of aromatic nitrogens is 4. The van der Waals surface area contributed by atoms with E-state index in [4.69, 9.17) is 4.42 Å². The maximum Gasteiger partial charge on any atom is 0.369 e. The van der Waals surface area contributed by atoms with Gasteiger partial charge in [0.05, 0.1) is 18.8 Å². The molecule has 0 aromatic carbocycles. The lowest BCUT2D eigenvalue weighted by Gasteiger charge is -2.23. The fourth-order valence-electron chi connectivity index (χ4n) is 2.95. The summed E-state index contributed by atoms with van der Waals surface area (Å²) in [7, 11) is 0. The number of carbonyl (C=O) groups is 1. The van der Waals surface area contributed by atoms with E-state index in [2.05, 4.69) is 10.4 Å². The van der Waals surface area contributed by atoms with Crippen molar-refractivity contribution in [2.24, 2.45) is 0 Å². The second-order valence-electron chi connectivity index (χ2n) is 5.58. The molecule has 0 radical (unpaired) electrons. The maximum atomic E-state index is 12.5. The molecule has 0 aliphatic carbocycles. The molecule has 0 bridgehead atoms. The SMILES string of the molecule is O=C(c1ccco1)N1CCC[C@@H]1Cn1nnn(-c2cccs2)c1=O. The van der Waals surface area contributed by atoms with Crippen LogP contribution in [0.5, 0.6) is 0 Å². The van der Waals surface area contributed by atoms with Gasteiger partial charge < -0.3 is 9.32 Å². The van der Waals surface area contributed by atoms with Gasteiger partial charge in [0.25, 0.3) is 5.91 Å². The second-order valence-corrected chi connectivity index (χ2v) is 6.50. The topological polar surface area (TPSA) is 86.2 Å². The fourth-order valence-corrected chi connectivity index (χ4v) is 3.62. The van der Waals surface area contributed by atoms with E-state index in [9.17, 15) is 9.59 Å². The van der Waals surface area contributed by atoms with Gasteiger partial charge in [-0.05, 0) is 52.9 Å². The fraction of sp³-hybridized carbons (Fsp3) is 0.333. The van der Waals surface area contributed by atoms with Crippen molar-refractivity contribution in [1.82, 2.24) is 24.7 Å². The van der Waals surface area contributed by atoms with Crippen molar-refractivity contribution in [1.29, 1.82) is 0 Å². The van der Waals surface area contributed by atoms with Gasteiger partial charge in [-0.2, -0.15) is 9.36 Å². The number of thiophene rings is 1. The Morgan fingerprint density at radius 3 is 3.00 bits per heavy atom. The lowest BCUT2D eigenvalue weighted by Crippen LogP contribution is -2.40. The van der Waals surface area contributed by atoms with Crippen molar-refractivity contribution in [3.05, 3.63) is 52.2 Å². The van der Waals surface area contributed by atoms with Gasteiger partial charge >= 0.3 is 5.69 Å². The molecule has 124 valence electrons. The molecule has 8 nitrogen and oxygen atoms in total. The largest absolute Gasteiger partial charge is 0.459 e. The number of amides is 1. The first kappa shape index (κ1) is 14.9. The number of tetrazole rings is 1. The molecule has 1 aliphatic heterocycles. The van der Waals surface area contributed by atoms with Crippen molar-refractivity contribution < 1.29 is 9.21 Å². The van der Waals surface area contributed by atoms with Gasteiger partial charge in [0.15, 0.2) is 5.76 Å². The van der Waals surface area contributed by atoms with Gasteiger partial charge in [-0.1, -0.05) is 0 Å². The molecule has 1 fully saturated rings. The van der Waals surface area contributed by atoms with Crippen LogP contribution >= 0.6 is 11.3 Å². The number of carbonyl (C=O) groups excluding carboxylic acids is 1. The molecule has 4 rings (SSSR count). The molecule has 1 aliphatic rings. The van der Waals surface area contributed by atoms with Crippen LogP contribution in [0.15, 0.2) is 45.1 Å². The van der Waals surface area contributed by atoms with Crippen molar-refractivity contribution >= 4 is 17.2 Å². The quantitative estimate of drug-likeness (QED) is 0.713. The van der Waals surface area contributed by atoms with Crippen molar-refractivity contribution in [2.45, 2.75) is 25.4 Å². The van der Waals surface area contributed by atoms with Crippen LogP contribution in [0.25, 0.3) is 5.00 Å². The summed E-state index contributed by atoms with van der Waals surface area (Å²) in [5.41, 5.74) is -0.297. The smallest absolute Gasteiger partial charge is 0.369 e. The van der Waals surface area contributed by atoms with Crippen molar-refractivity contribution in [2.75, 3.05) is 6.54 Å². The van der Waals surface area contributed by atoms with E-state index in [-0.39, 0.29) is 17.6 Å². The van der Waals surface area contributed by atoms with E-state index in [1.807, 2.05) is 17.5 Å². The van der Waals surface area contributed by atoms with Crippen LogP contribution in [-0.4, -0.2) is 43.2 Å². The summed E-state index contributed by atoms with van der Waals surface area (Å²) in [6.07, 6.45) is 3.20. The summed E-state index contributed by atoms with van der Waals surface area (Å²) < 4.78 is 7.79. The molecule has 0 N–H and O–H groups in total. The predicted molar refractivity (Wildman–Crippen MR) is 86.3 cm³/mol. The highest BCUT2D eigenvalue weighted by molar-refractivity contribution is 7.12. The summed E-state index contributed by atoms with van der Waals surface area (Å²) in [4.78, 5) is 26.7. The average molecular weight is 345 g/mol. The Morgan fingerprint density at radius 1 is 1.33 bits per heavy atom. The number of nitrogens with zero attached hydrogens (tertiary/aromatic N) is 5. The predicted octanol–water partition coefficient (Wildman–Crippen LogP) is 1.39. The Balaban J connectivity index is 1.55. The minimum atomic E-state index is -0.297. The molecule has 1 amide bonds. The first-order valence-corrected chi connectivity index (χ1v) is 8.53. The molecule has 9 heteroatoms. The van der Waals surface area contributed by atoms with Gasteiger partial charge in [0.1, 0.15) is 5.00 Å². The number of hydrogen-bond donors (Lipinski definition) is 0. The van der Waals surface area contributed by atoms with Crippen LogP contribution < -0.4 is 5.69 Å². The molecular weight excluding hydrogens is 330 g/mol. The van der Waals surface area contributed by atoms with Crippen molar-refractivity contribution in [3.63, 3.8) is 0 Å². The molecular formula is C15H15N5O3S. The molecule has 3 aromatic rings. The Kier molecular flexibility index (Phi) is 3.77. The highest BCUT2D eigenvalue weighted by Gasteiger charge is 2.31. The Labute approximate surface area is 140 Å². The van der Waals surface area contributed by atoms with Gasteiger partial charge in [0, 0.05) is 6.54 Å². The Morgan fingerprint density at radius 2 is 2.25 bits per heavy atom. The Bertz CT molecular complexity index is 881. The standard InChI is InChI=1S/C15H15N5O3S/c21-14(12-5-2-8-23-12)18-7-1-4-11(18)10-19-15(22)20(17-16-19)13-6-3-9-24-13/h2-3,5-6,8-9,11H,1,4,7,10H2/t11-/m1/s1. The van der Waals surface area contributed by atoms with Crippen LogP contribution in [0, 0.1) is 0 Å². The van der Waals surface area contributed by atoms with Crippen LogP contribution in [-0.2, 0) is 6.54 Å². The third kappa shape index (κ3) is 2.56. The maximum absolute atomic E-state index is 12.5. The molecule has 0 saturated carbocycles. The summed E-state index contributed by atoms with van der Waals surface area (Å²) >= 11 is 1.42. The molecule has 0 spiro atoms. The monoisotopic (exact) mass is 345 g/mol. The normalized spacial score (nSPS) is 17.5. The van der Waals surface area contributed by atoms with Gasteiger partial charge in [-0.3, -0.25) is 4.79 Å². The summed E-state index contributed by atoms with van der Waals surface area (Å²) in [6, 6.07) is 6.92. The highest BCUT2D eigenvalue weighted by atomic mass is 32.1. The molecule has 3 aromatic heterocycles. The van der Waals surface area contributed by atoms with Crippen LogP contribution in [0.2, 0.25) is 0 Å². The lowest BCUT2D eigenvalue weighted by molar-refractivity contribution is 0.0688. The van der Waals surface area contributed by atoms with Crippen LogP contribution in [0.3, 0.4) is 0 Å². The molecule has 24 heavy (non-hydrogen) atoms. The zero-order valence-electron chi connectivity index (χ0n) is 12.7. The van der Waals surface area contributed by atoms with Gasteiger partial charge in [-0.15, -0.1) is 11.3 Å². The summed E-state index contributed by atoms with van der Waals surface area (Å²) in [6.45, 7) is 0.981. The van der Waals surface area contributed by atoms with E-state index in [0.29, 0.717) is 18.8 Å². The van der Waals surface area contributed by atoms with E-state index >= 15 is 0 Å². The van der Waals surface area contributed by atoms with Gasteiger partial charge in [-0.25, -0.2) is 4.79 Å². The number of hydrogen-bond acceptors (Lipinski definition) is 6. The second kappa shape index (κ2) is 6.08. The van der Waals surface area contributed by atoms with Crippen LogP contribution in [0.1, 0.15) is 23.4 Å². The molecule has 0 unspecified atom stereocenters. The minimum absolute atomic E-state index is 0.0891. The third-order valence-corrected chi connectivity index (χ3v) is 4.95. The summed E-state index contributed by atoms with van der Waals surface area (Å²) in [5, 5.41) is 10.5. The number of furan rings is 1. The van der Waals surface area contributed by atoms with Crippen LogP contribution in [0.4, 0.5) is 0 Å². The number of rotatable bonds is 4. The first-order valence-electron chi connectivity index (χ1n) is 7.65. The minimum Gasteiger partial charge on any atom is -0.459 e. The third-order valence-electron chi connectivity index (χ3n) is 4.11. The zero-order valence-corrected chi connectivity index (χ0v) is 13.6. The Hall–Kier alpha value is -2.68. The molecule has 4 heterocycles. The van der Waals surface area contributed by atoms with E-state index < -0.39 is 0 Å². The van der Waals surface area contributed by atoms with E-state index in [0.717, 1.165) is 17.8 Å². The van der Waals surface area contributed by atoms with E-state index in [1.165, 1.54) is 27.0 Å². The summed E-state index contributed by atoms with van der Waals surface area (Å²) in [5.74, 6) is 0.165. The highest BCUT2D eigenvalue weighted by Crippen LogP contribution is 2.21. The molecule has 1 saturated heterocycles. The number of likely N-dealkylation sites (tertiary alicyclic amines) is 1. The van der Waals surface area contributed by atoms with Gasteiger partial charge in [0.2, 0.25) is 0 Å².